The van der Waals surface area contributed by atoms with E-state index < -0.39 is 17.9 Å². The standard InChI is InChI=1S/C24H28ClFN4O3/c1-16(2)21(28-24(33)27-15-17-6-4-3-5-7-17)23(32)30-12-10-29(11-13-30)22(31)19-9-8-18(26)14-20(19)25/h3-9,14,16,21H,10-13,15H2,1-2H3,(H2,27,28,33). The van der Waals surface area contributed by atoms with Gasteiger partial charge in [0.05, 0.1) is 10.6 Å². The number of amides is 4. The molecule has 2 N–H and O–H groups in total. The van der Waals surface area contributed by atoms with Crippen LogP contribution in [-0.2, 0) is 11.3 Å². The number of piperazine rings is 1. The van der Waals surface area contributed by atoms with Gasteiger partial charge in [-0.1, -0.05) is 55.8 Å². The quantitative estimate of drug-likeness (QED) is 0.674. The average molecular weight is 475 g/mol. The number of rotatable bonds is 6. The molecule has 4 amide bonds. The van der Waals surface area contributed by atoms with Crippen LogP contribution in [0.5, 0.6) is 0 Å². The minimum atomic E-state index is -0.686. The van der Waals surface area contributed by atoms with E-state index in [2.05, 4.69) is 10.6 Å². The Morgan fingerprint density at radius 3 is 2.24 bits per heavy atom. The molecule has 1 fully saturated rings. The molecular formula is C24H28ClFN4O3. The molecule has 176 valence electrons. The van der Waals surface area contributed by atoms with Crippen LogP contribution >= 0.6 is 11.6 Å². The maximum absolute atomic E-state index is 13.3. The summed E-state index contributed by atoms with van der Waals surface area (Å²) in [7, 11) is 0. The van der Waals surface area contributed by atoms with Crippen LogP contribution in [0.3, 0.4) is 0 Å². The van der Waals surface area contributed by atoms with Gasteiger partial charge < -0.3 is 20.4 Å². The highest BCUT2D eigenvalue weighted by atomic mass is 35.5. The minimum Gasteiger partial charge on any atom is -0.337 e. The van der Waals surface area contributed by atoms with Crippen molar-refractivity contribution in [3.63, 3.8) is 0 Å². The van der Waals surface area contributed by atoms with E-state index in [0.29, 0.717) is 32.7 Å². The predicted molar refractivity (Wildman–Crippen MR) is 124 cm³/mol. The Labute approximate surface area is 197 Å². The molecule has 0 aliphatic carbocycles. The van der Waals surface area contributed by atoms with Crippen molar-refractivity contribution in [1.82, 2.24) is 20.4 Å². The molecule has 0 radical (unpaired) electrons. The molecule has 1 saturated heterocycles. The van der Waals surface area contributed by atoms with Gasteiger partial charge in [0, 0.05) is 32.7 Å². The van der Waals surface area contributed by atoms with Crippen LogP contribution < -0.4 is 10.6 Å². The molecule has 1 heterocycles. The topological polar surface area (TPSA) is 81.8 Å². The summed E-state index contributed by atoms with van der Waals surface area (Å²) < 4.78 is 13.3. The molecule has 9 heteroatoms. The van der Waals surface area contributed by atoms with Crippen molar-refractivity contribution in [2.24, 2.45) is 5.92 Å². The lowest BCUT2D eigenvalue weighted by molar-refractivity contribution is -0.135. The van der Waals surface area contributed by atoms with Gasteiger partial charge in [0.15, 0.2) is 0 Å². The SMILES string of the molecule is CC(C)C(NC(=O)NCc1ccccc1)C(=O)N1CCN(C(=O)c2ccc(F)cc2Cl)CC1. The number of nitrogens with one attached hydrogen (secondary N) is 2. The second-order valence-corrected chi connectivity index (χ2v) is 8.68. The van der Waals surface area contributed by atoms with E-state index in [1.807, 2.05) is 44.2 Å². The van der Waals surface area contributed by atoms with Crippen molar-refractivity contribution in [3.05, 3.63) is 70.5 Å². The smallest absolute Gasteiger partial charge is 0.315 e. The van der Waals surface area contributed by atoms with Gasteiger partial charge in [0.2, 0.25) is 5.91 Å². The lowest BCUT2D eigenvalue weighted by atomic mass is 10.0. The number of hydrogen-bond acceptors (Lipinski definition) is 3. The highest BCUT2D eigenvalue weighted by Gasteiger charge is 2.32. The van der Waals surface area contributed by atoms with Crippen molar-refractivity contribution >= 4 is 29.4 Å². The molecule has 2 aromatic carbocycles. The summed E-state index contributed by atoms with van der Waals surface area (Å²) in [6.07, 6.45) is 0. The van der Waals surface area contributed by atoms with Gasteiger partial charge in [-0.15, -0.1) is 0 Å². The zero-order valence-corrected chi connectivity index (χ0v) is 19.4. The fourth-order valence-corrected chi connectivity index (χ4v) is 3.89. The Hall–Kier alpha value is -3.13. The van der Waals surface area contributed by atoms with Crippen molar-refractivity contribution in [1.29, 1.82) is 0 Å². The van der Waals surface area contributed by atoms with Crippen molar-refractivity contribution < 1.29 is 18.8 Å². The van der Waals surface area contributed by atoms with Crippen LogP contribution in [0, 0.1) is 11.7 Å². The van der Waals surface area contributed by atoms with E-state index in [4.69, 9.17) is 11.6 Å². The molecule has 7 nitrogen and oxygen atoms in total. The second-order valence-electron chi connectivity index (χ2n) is 8.28. The number of carbonyl (C=O) groups excluding carboxylic acids is 3. The lowest BCUT2D eigenvalue weighted by Gasteiger charge is -2.37. The third-order valence-electron chi connectivity index (χ3n) is 5.56. The third-order valence-corrected chi connectivity index (χ3v) is 5.87. The molecule has 0 saturated carbocycles. The van der Waals surface area contributed by atoms with Crippen molar-refractivity contribution in [3.8, 4) is 0 Å². The van der Waals surface area contributed by atoms with E-state index in [0.717, 1.165) is 11.6 Å². The molecule has 1 aliphatic heterocycles. The van der Waals surface area contributed by atoms with Gasteiger partial charge in [-0.25, -0.2) is 9.18 Å². The van der Waals surface area contributed by atoms with Crippen molar-refractivity contribution in [2.45, 2.75) is 26.4 Å². The molecule has 1 unspecified atom stereocenters. The van der Waals surface area contributed by atoms with Gasteiger partial charge >= 0.3 is 6.03 Å². The minimum absolute atomic E-state index is 0.0593. The molecule has 1 atom stereocenters. The number of nitrogens with zero attached hydrogens (tertiary/aromatic N) is 2. The highest BCUT2D eigenvalue weighted by molar-refractivity contribution is 6.33. The summed E-state index contributed by atoms with van der Waals surface area (Å²) >= 11 is 6.01. The van der Waals surface area contributed by atoms with Gasteiger partial charge in [-0.3, -0.25) is 9.59 Å². The Kier molecular flexibility index (Phi) is 8.27. The first kappa shape index (κ1) is 24.5. The Morgan fingerprint density at radius 1 is 1.00 bits per heavy atom. The highest BCUT2D eigenvalue weighted by Crippen LogP contribution is 2.20. The lowest BCUT2D eigenvalue weighted by Crippen LogP contribution is -2.58. The third kappa shape index (κ3) is 6.44. The van der Waals surface area contributed by atoms with E-state index in [1.165, 1.54) is 12.1 Å². The van der Waals surface area contributed by atoms with Crippen LogP contribution in [0.1, 0.15) is 29.8 Å². The zero-order valence-electron chi connectivity index (χ0n) is 18.7. The summed E-state index contributed by atoms with van der Waals surface area (Å²) in [5, 5.41) is 5.62. The normalized spacial score (nSPS) is 14.7. The first-order valence-corrected chi connectivity index (χ1v) is 11.3. The van der Waals surface area contributed by atoms with Gasteiger partial charge in [-0.2, -0.15) is 0 Å². The van der Waals surface area contributed by atoms with E-state index in [1.54, 1.807) is 9.80 Å². The molecule has 2 aromatic rings. The molecule has 1 aliphatic rings. The second kappa shape index (κ2) is 11.1. The maximum atomic E-state index is 13.3. The maximum Gasteiger partial charge on any atom is 0.315 e. The molecule has 0 bridgehead atoms. The number of benzene rings is 2. The summed E-state index contributed by atoms with van der Waals surface area (Å²) in [5.74, 6) is -1.11. The van der Waals surface area contributed by atoms with E-state index in [9.17, 15) is 18.8 Å². The zero-order chi connectivity index (χ0) is 24.0. The molecule has 0 spiro atoms. The van der Waals surface area contributed by atoms with Crippen LogP contribution in [0.15, 0.2) is 48.5 Å². The number of halogens is 2. The van der Waals surface area contributed by atoms with Crippen LogP contribution in [-0.4, -0.2) is 59.9 Å². The fraction of sp³-hybridized carbons (Fsp3) is 0.375. The molecule has 0 aromatic heterocycles. The number of urea groups is 1. The van der Waals surface area contributed by atoms with Gasteiger partial charge in [0.25, 0.3) is 5.91 Å². The number of carbonyl (C=O) groups is 3. The van der Waals surface area contributed by atoms with E-state index in [-0.39, 0.29) is 28.3 Å². The van der Waals surface area contributed by atoms with Gasteiger partial charge in [-0.05, 0) is 29.7 Å². The molecule has 3 rings (SSSR count). The van der Waals surface area contributed by atoms with Gasteiger partial charge in [0.1, 0.15) is 11.9 Å². The monoisotopic (exact) mass is 474 g/mol. The van der Waals surface area contributed by atoms with Crippen LogP contribution in [0.2, 0.25) is 5.02 Å². The first-order chi connectivity index (χ1) is 15.8. The Bertz CT molecular complexity index is 994. The molecular weight excluding hydrogens is 447 g/mol. The average Bonchev–Trinajstić information content (AvgIpc) is 2.81. The van der Waals surface area contributed by atoms with Crippen LogP contribution in [0.4, 0.5) is 9.18 Å². The van der Waals surface area contributed by atoms with Crippen LogP contribution in [0.25, 0.3) is 0 Å². The summed E-state index contributed by atoms with van der Waals surface area (Å²) in [6, 6.07) is 12.1. The number of hydrogen-bond donors (Lipinski definition) is 2. The summed E-state index contributed by atoms with van der Waals surface area (Å²) in [6.45, 7) is 5.41. The Morgan fingerprint density at radius 2 is 1.64 bits per heavy atom. The summed E-state index contributed by atoms with van der Waals surface area (Å²) in [4.78, 5) is 41.5. The fourth-order valence-electron chi connectivity index (χ4n) is 3.64. The summed E-state index contributed by atoms with van der Waals surface area (Å²) in [5.41, 5.74) is 1.19. The van der Waals surface area contributed by atoms with Crippen molar-refractivity contribution in [2.75, 3.05) is 26.2 Å². The Balaban J connectivity index is 1.54. The predicted octanol–water partition coefficient (Wildman–Crippen LogP) is 3.29. The largest absolute Gasteiger partial charge is 0.337 e. The van der Waals surface area contributed by atoms with E-state index >= 15 is 0 Å². The first-order valence-electron chi connectivity index (χ1n) is 10.9. The molecule has 33 heavy (non-hydrogen) atoms.